The molecule has 0 bridgehead atoms. The Morgan fingerprint density at radius 1 is 1.24 bits per heavy atom. The first kappa shape index (κ1) is 23.7. The van der Waals surface area contributed by atoms with Gasteiger partial charge in [0.2, 0.25) is 11.8 Å². The van der Waals surface area contributed by atoms with E-state index in [4.69, 9.17) is 0 Å². The number of nitrogens with one attached hydrogen (secondary N) is 3. The normalized spacial score (nSPS) is 19.5. The first-order valence-electron chi connectivity index (χ1n) is 11.4. The van der Waals surface area contributed by atoms with Gasteiger partial charge in [-0.15, -0.1) is 0 Å². The summed E-state index contributed by atoms with van der Waals surface area (Å²) in [7, 11) is 0. The summed E-state index contributed by atoms with van der Waals surface area (Å²) in [6, 6.07) is 7.27. The van der Waals surface area contributed by atoms with Gasteiger partial charge < -0.3 is 20.4 Å². The number of nitrogens with zero attached hydrogens (tertiary/aromatic N) is 1. The Morgan fingerprint density at radius 3 is 2.68 bits per heavy atom. The first-order chi connectivity index (χ1) is 16.3. The molecule has 0 radical (unpaired) electrons. The maximum atomic E-state index is 13.0. The summed E-state index contributed by atoms with van der Waals surface area (Å²) in [5.74, 6) is -1.46. The van der Waals surface area contributed by atoms with Crippen LogP contribution in [0.4, 0.5) is 8.78 Å². The van der Waals surface area contributed by atoms with Crippen molar-refractivity contribution in [1.82, 2.24) is 15.6 Å². The molecule has 10 heteroatoms. The van der Waals surface area contributed by atoms with Crippen molar-refractivity contribution in [2.24, 2.45) is 17.8 Å². The molecule has 2 aromatic rings. The van der Waals surface area contributed by atoms with Crippen LogP contribution in [-0.4, -0.2) is 41.8 Å². The van der Waals surface area contributed by atoms with Crippen LogP contribution in [0.5, 0.6) is 5.75 Å². The highest BCUT2D eigenvalue weighted by Crippen LogP contribution is 2.37. The van der Waals surface area contributed by atoms with Crippen LogP contribution in [0.3, 0.4) is 0 Å². The number of hydrogen-bond donors (Lipinski definition) is 3. The fourth-order valence-corrected chi connectivity index (χ4v) is 4.44. The van der Waals surface area contributed by atoms with Gasteiger partial charge in [-0.3, -0.25) is 14.4 Å². The summed E-state index contributed by atoms with van der Waals surface area (Å²) in [5, 5.41) is 15.3. The number of H-pyrrole nitrogens is 1. The molecule has 1 aromatic heterocycles. The smallest absolute Gasteiger partial charge is 0.387 e. The number of benzene rings is 1. The fourth-order valence-electron chi connectivity index (χ4n) is 4.44. The minimum atomic E-state index is -2.99. The molecule has 8 nitrogen and oxygen atoms in total. The third-order valence-electron chi connectivity index (χ3n) is 6.41. The molecule has 1 aliphatic heterocycles. The molecule has 34 heavy (non-hydrogen) atoms. The van der Waals surface area contributed by atoms with Crippen molar-refractivity contribution in [3.8, 4) is 11.8 Å². The molecule has 1 saturated heterocycles. The largest absolute Gasteiger partial charge is 0.434 e. The van der Waals surface area contributed by atoms with Gasteiger partial charge in [0, 0.05) is 35.7 Å². The minimum absolute atomic E-state index is 0.0390. The van der Waals surface area contributed by atoms with Crippen LogP contribution in [0.25, 0.3) is 10.9 Å². The average molecular weight is 472 g/mol. The fraction of sp³-hybridized carbons (Fsp3) is 0.500. The van der Waals surface area contributed by atoms with E-state index < -0.39 is 18.6 Å². The van der Waals surface area contributed by atoms with E-state index in [2.05, 4.69) is 26.4 Å². The van der Waals surface area contributed by atoms with E-state index >= 15 is 0 Å². The second-order valence-corrected chi connectivity index (χ2v) is 8.98. The Hall–Kier alpha value is -3.48. The van der Waals surface area contributed by atoms with Crippen molar-refractivity contribution in [1.29, 1.82) is 5.26 Å². The lowest BCUT2D eigenvalue weighted by atomic mass is 9.93. The second kappa shape index (κ2) is 10.2. The maximum Gasteiger partial charge on any atom is 0.387 e. The predicted octanol–water partition coefficient (Wildman–Crippen LogP) is 3.29. The molecular weight excluding hydrogens is 446 g/mol. The summed E-state index contributed by atoms with van der Waals surface area (Å²) < 4.78 is 29.9. The summed E-state index contributed by atoms with van der Waals surface area (Å²) in [6.07, 6.45) is 3.27. The van der Waals surface area contributed by atoms with Crippen molar-refractivity contribution in [3.05, 3.63) is 30.0 Å². The Bertz CT molecular complexity index is 1120. The zero-order valence-electron chi connectivity index (χ0n) is 18.5. The van der Waals surface area contributed by atoms with Crippen LogP contribution < -0.4 is 15.4 Å². The number of aromatic nitrogens is 1. The molecule has 2 fully saturated rings. The van der Waals surface area contributed by atoms with Crippen molar-refractivity contribution >= 4 is 28.5 Å². The van der Waals surface area contributed by atoms with Gasteiger partial charge in [0.05, 0.1) is 11.8 Å². The van der Waals surface area contributed by atoms with Gasteiger partial charge in [-0.1, -0.05) is 18.9 Å². The van der Waals surface area contributed by atoms with Gasteiger partial charge in [0.1, 0.15) is 11.8 Å². The first-order valence-corrected chi connectivity index (χ1v) is 11.4. The summed E-state index contributed by atoms with van der Waals surface area (Å²) in [4.78, 5) is 40.8. The lowest BCUT2D eigenvalue weighted by Crippen LogP contribution is -2.40. The lowest BCUT2D eigenvalue weighted by molar-refractivity contribution is -0.127. The number of Topliss-reactive ketones (excluding diaryl/α,β-unsaturated/α-hetero) is 1. The van der Waals surface area contributed by atoms with Crippen LogP contribution in [0.15, 0.2) is 24.3 Å². The zero-order chi connectivity index (χ0) is 24.2. The SMILES string of the molecule is N#C[C@H](C[C@@H]1CCNC1=O)NC(=O)[C@@H](CC(=O)c1cc2c(OC(F)F)cccc2[nH]1)CC1CC1. The van der Waals surface area contributed by atoms with E-state index in [0.717, 1.165) is 12.8 Å². The summed E-state index contributed by atoms with van der Waals surface area (Å²) in [5.41, 5.74) is 0.678. The molecule has 2 aliphatic rings. The minimum Gasteiger partial charge on any atom is -0.434 e. The molecule has 2 amide bonds. The van der Waals surface area contributed by atoms with Crippen molar-refractivity contribution in [2.75, 3.05) is 6.54 Å². The standard InChI is InChI=1S/C24H26F2N4O4/c25-24(26)34-21-3-1-2-18-17(21)11-19(30-18)20(31)10-15(8-13-4-5-13)23(33)29-16(12-27)9-14-6-7-28-22(14)32/h1-3,11,13-16,24,30H,4-10H2,(H,28,32)(H,29,33)/t14-,15+,16-/m0/s1. The highest BCUT2D eigenvalue weighted by molar-refractivity contribution is 6.02. The third kappa shape index (κ3) is 5.71. The molecule has 0 spiro atoms. The van der Waals surface area contributed by atoms with Gasteiger partial charge in [-0.2, -0.15) is 14.0 Å². The summed E-state index contributed by atoms with van der Waals surface area (Å²) in [6.45, 7) is -2.43. The van der Waals surface area contributed by atoms with Crippen molar-refractivity contribution in [3.63, 3.8) is 0 Å². The molecule has 3 N–H and O–H groups in total. The molecule has 180 valence electrons. The van der Waals surface area contributed by atoms with Gasteiger partial charge in [-0.05, 0) is 43.4 Å². The Labute approximate surface area is 195 Å². The van der Waals surface area contributed by atoms with Crippen LogP contribution in [0.2, 0.25) is 0 Å². The number of ether oxygens (including phenoxy) is 1. The second-order valence-electron chi connectivity index (χ2n) is 8.98. The van der Waals surface area contributed by atoms with Gasteiger partial charge >= 0.3 is 6.61 Å². The number of ketones is 1. The number of rotatable bonds is 11. The number of aromatic amines is 1. The molecule has 1 aromatic carbocycles. The summed E-state index contributed by atoms with van der Waals surface area (Å²) >= 11 is 0. The van der Waals surface area contributed by atoms with Crippen LogP contribution >= 0.6 is 0 Å². The van der Waals surface area contributed by atoms with Crippen LogP contribution in [0.1, 0.15) is 49.0 Å². The Morgan fingerprint density at radius 2 is 2.03 bits per heavy atom. The number of carbonyl (C=O) groups is 3. The van der Waals surface area contributed by atoms with E-state index in [9.17, 15) is 28.4 Å². The van der Waals surface area contributed by atoms with E-state index in [0.29, 0.717) is 36.2 Å². The lowest BCUT2D eigenvalue weighted by Gasteiger charge is -2.19. The monoisotopic (exact) mass is 472 g/mol. The highest BCUT2D eigenvalue weighted by atomic mass is 19.3. The molecule has 3 atom stereocenters. The van der Waals surface area contributed by atoms with Crippen LogP contribution in [-0.2, 0) is 9.59 Å². The number of hydrogen-bond acceptors (Lipinski definition) is 5. The number of carbonyl (C=O) groups excluding carboxylic acids is 3. The Balaban J connectivity index is 1.45. The van der Waals surface area contributed by atoms with E-state index in [1.165, 1.54) is 12.1 Å². The molecular formula is C24H26F2N4O4. The highest BCUT2D eigenvalue weighted by Gasteiger charge is 2.34. The predicted molar refractivity (Wildman–Crippen MR) is 118 cm³/mol. The maximum absolute atomic E-state index is 13.0. The molecule has 1 aliphatic carbocycles. The Kier molecular flexibility index (Phi) is 7.10. The zero-order valence-corrected chi connectivity index (χ0v) is 18.5. The van der Waals surface area contributed by atoms with Crippen LogP contribution in [0, 0.1) is 29.1 Å². The molecule has 0 unspecified atom stereocenters. The van der Waals surface area contributed by atoms with E-state index in [1.54, 1.807) is 12.1 Å². The van der Waals surface area contributed by atoms with Gasteiger partial charge in [-0.25, -0.2) is 0 Å². The van der Waals surface area contributed by atoms with E-state index in [-0.39, 0.29) is 47.8 Å². The van der Waals surface area contributed by atoms with Crippen molar-refractivity contribution in [2.45, 2.75) is 51.2 Å². The number of nitriles is 1. The number of amides is 2. The quantitative estimate of drug-likeness (QED) is 0.433. The van der Waals surface area contributed by atoms with Gasteiger partial charge in [0.25, 0.3) is 0 Å². The van der Waals surface area contributed by atoms with Crippen molar-refractivity contribution < 1.29 is 27.9 Å². The third-order valence-corrected chi connectivity index (χ3v) is 6.41. The number of alkyl halides is 2. The molecule has 1 saturated carbocycles. The van der Waals surface area contributed by atoms with Gasteiger partial charge in [0.15, 0.2) is 5.78 Å². The molecule has 2 heterocycles. The van der Waals surface area contributed by atoms with E-state index in [1.807, 2.05) is 0 Å². The average Bonchev–Trinajstić information content (AvgIpc) is 3.35. The topological polar surface area (TPSA) is 124 Å². The number of fused-ring (bicyclic) bond motifs is 1. The molecule has 4 rings (SSSR count). The number of halogens is 2.